The summed E-state index contributed by atoms with van der Waals surface area (Å²) >= 11 is 0. The summed E-state index contributed by atoms with van der Waals surface area (Å²) < 4.78 is 10.7. The van der Waals surface area contributed by atoms with Gasteiger partial charge in [0.1, 0.15) is 11.8 Å². The van der Waals surface area contributed by atoms with Crippen LogP contribution in [0.5, 0.6) is 0 Å². The Hall–Kier alpha value is -1.49. The molecule has 0 radical (unpaired) electrons. The van der Waals surface area contributed by atoms with Gasteiger partial charge in [0.05, 0.1) is 6.61 Å². The van der Waals surface area contributed by atoms with Gasteiger partial charge in [-0.3, -0.25) is 4.79 Å². The Kier molecular flexibility index (Phi) is 5.06. The highest BCUT2D eigenvalue weighted by Crippen LogP contribution is 2.25. The number of carbonyl (C=O) groups excluding carboxylic acids is 1. The third-order valence-corrected chi connectivity index (χ3v) is 3.75. The lowest BCUT2D eigenvalue weighted by atomic mass is 9.99. The lowest BCUT2D eigenvalue weighted by molar-refractivity contribution is -0.144. The van der Waals surface area contributed by atoms with Crippen LogP contribution in [0.25, 0.3) is 0 Å². The third-order valence-electron chi connectivity index (χ3n) is 3.75. The number of anilines is 1. The number of hydrogen-bond acceptors (Lipinski definition) is 5. The number of nitrogens with zero attached hydrogens (tertiary/aromatic N) is 1. The highest BCUT2D eigenvalue weighted by Gasteiger charge is 2.20. The minimum absolute atomic E-state index is 0.349. The fourth-order valence-electron chi connectivity index (χ4n) is 2.42. The SMILES string of the molecule is CCOC(=O)C(N)Cc1ccc(N2CCC(C)CC2)o1. The Morgan fingerprint density at radius 2 is 2.20 bits per heavy atom. The molecule has 1 aromatic heterocycles. The number of furan rings is 1. The molecular formula is C15H24N2O3. The minimum Gasteiger partial charge on any atom is -0.465 e. The van der Waals surface area contributed by atoms with Gasteiger partial charge in [-0.2, -0.15) is 0 Å². The van der Waals surface area contributed by atoms with Gasteiger partial charge in [0.25, 0.3) is 0 Å². The number of carbonyl (C=O) groups is 1. The van der Waals surface area contributed by atoms with E-state index < -0.39 is 6.04 Å². The second-order valence-corrected chi connectivity index (χ2v) is 5.47. The van der Waals surface area contributed by atoms with Crippen LogP contribution >= 0.6 is 0 Å². The van der Waals surface area contributed by atoms with Crippen molar-refractivity contribution in [2.24, 2.45) is 11.7 Å². The van der Waals surface area contributed by atoms with Crippen LogP contribution in [0.3, 0.4) is 0 Å². The van der Waals surface area contributed by atoms with Crippen molar-refractivity contribution < 1.29 is 13.9 Å². The maximum absolute atomic E-state index is 11.5. The van der Waals surface area contributed by atoms with Gasteiger partial charge in [-0.05, 0) is 31.7 Å². The molecule has 0 bridgehead atoms. The van der Waals surface area contributed by atoms with E-state index in [0.29, 0.717) is 13.0 Å². The number of rotatable bonds is 5. The normalized spacial score (nSPS) is 18.1. The molecule has 0 aromatic carbocycles. The second kappa shape index (κ2) is 6.79. The van der Waals surface area contributed by atoms with Crippen molar-refractivity contribution in [3.63, 3.8) is 0 Å². The lowest BCUT2D eigenvalue weighted by Gasteiger charge is -2.29. The van der Waals surface area contributed by atoms with Crippen LogP contribution < -0.4 is 10.6 Å². The zero-order chi connectivity index (χ0) is 14.5. The summed E-state index contributed by atoms with van der Waals surface area (Å²) in [4.78, 5) is 13.7. The Morgan fingerprint density at radius 3 is 2.85 bits per heavy atom. The number of ether oxygens (including phenoxy) is 1. The molecular weight excluding hydrogens is 256 g/mol. The van der Waals surface area contributed by atoms with E-state index in [4.69, 9.17) is 14.9 Å². The third kappa shape index (κ3) is 3.76. The number of piperidine rings is 1. The lowest BCUT2D eigenvalue weighted by Crippen LogP contribution is -2.34. The molecule has 0 aliphatic carbocycles. The van der Waals surface area contributed by atoms with Crippen LogP contribution in [0.1, 0.15) is 32.4 Å². The number of esters is 1. The zero-order valence-electron chi connectivity index (χ0n) is 12.3. The van der Waals surface area contributed by atoms with Gasteiger partial charge < -0.3 is 19.8 Å². The standard InChI is InChI=1S/C15H24N2O3/c1-3-19-15(18)13(16)10-12-4-5-14(20-12)17-8-6-11(2)7-9-17/h4-5,11,13H,3,6-10,16H2,1-2H3. The molecule has 1 fully saturated rings. The number of nitrogens with two attached hydrogens (primary N) is 1. The van der Waals surface area contributed by atoms with Crippen molar-refractivity contribution in [1.82, 2.24) is 0 Å². The predicted molar refractivity (Wildman–Crippen MR) is 77.6 cm³/mol. The molecule has 1 atom stereocenters. The summed E-state index contributed by atoms with van der Waals surface area (Å²) in [5.74, 6) is 2.03. The molecule has 1 aromatic rings. The van der Waals surface area contributed by atoms with E-state index in [1.165, 1.54) is 12.8 Å². The molecule has 2 N–H and O–H groups in total. The van der Waals surface area contributed by atoms with Gasteiger partial charge in [0, 0.05) is 25.6 Å². The van der Waals surface area contributed by atoms with Crippen molar-refractivity contribution in [3.05, 3.63) is 17.9 Å². The first-order valence-corrected chi connectivity index (χ1v) is 7.36. The summed E-state index contributed by atoms with van der Waals surface area (Å²) in [6.45, 7) is 6.45. The highest BCUT2D eigenvalue weighted by molar-refractivity contribution is 5.75. The summed E-state index contributed by atoms with van der Waals surface area (Å²) in [7, 11) is 0. The smallest absolute Gasteiger partial charge is 0.323 e. The van der Waals surface area contributed by atoms with E-state index in [1.54, 1.807) is 6.92 Å². The van der Waals surface area contributed by atoms with E-state index in [9.17, 15) is 4.79 Å². The molecule has 0 saturated carbocycles. The van der Waals surface area contributed by atoms with Crippen molar-refractivity contribution in [3.8, 4) is 0 Å². The molecule has 1 aliphatic rings. The molecule has 5 nitrogen and oxygen atoms in total. The Labute approximate surface area is 120 Å². The first-order valence-electron chi connectivity index (χ1n) is 7.36. The second-order valence-electron chi connectivity index (χ2n) is 5.47. The summed E-state index contributed by atoms with van der Waals surface area (Å²) in [5, 5.41) is 0. The molecule has 0 spiro atoms. The van der Waals surface area contributed by atoms with E-state index in [0.717, 1.165) is 30.7 Å². The van der Waals surface area contributed by atoms with E-state index in [1.807, 2.05) is 12.1 Å². The van der Waals surface area contributed by atoms with Crippen molar-refractivity contribution in [2.45, 2.75) is 39.2 Å². The van der Waals surface area contributed by atoms with Crippen LogP contribution in [-0.4, -0.2) is 31.7 Å². The Balaban J connectivity index is 1.90. The topological polar surface area (TPSA) is 68.7 Å². The molecule has 1 unspecified atom stereocenters. The fraction of sp³-hybridized carbons (Fsp3) is 0.667. The van der Waals surface area contributed by atoms with Crippen LogP contribution in [0.15, 0.2) is 16.5 Å². The average molecular weight is 280 g/mol. The molecule has 112 valence electrons. The molecule has 2 heterocycles. The summed E-state index contributed by atoms with van der Waals surface area (Å²) in [5.41, 5.74) is 5.79. The Morgan fingerprint density at radius 1 is 1.50 bits per heavy atom. The minimum atomic E-state index is -0.657. The van der Waals surface area contributed by atoms with E-state index >= 15 is 0 Å². The molecule has 2 rings (SSSR count). The highest BCUT2D eigenvalue weighted by atomic mass is 16.5. The van der Waals surface area contributed by atoms with Crippen molar-refractivity contribution in [1.29, 1.82) is 0 Å². The molecule has 5 heteroatoms. The van der Waals surface area contributed by atoms with Gasteiger partial charge in [-0.25, -0.2) is 0 Å². The zero-order valence-corrected chi connectivity index (χ0v) is 12.3. The van der Waals surface area contributed by atoms with Crippen molar-refractivity contribution in [2.75, 3.05) is 24.6 Å². The largest absolute Gasteiger partial charge is 0.465 e. The Bertz CT molecular complexity index is 436. The maximum Gasteiger partial charge on any atom is 0.323 e. The van der Waals surface area contributed by atoms with Crippen LogP contribution in [0.2, 0.25) is 0 Å². The monoisotopic (exact) mass is 280 g/mol. The maximum atomic E-state index is 11.5. The van der Waals surface area contributed by atoms with Crippen LogP contribution in [-0.2, 0) is 16.0 Å². The van der Waals surface area contributed by atoms with Crippen LogP contribution in [0, 0.1) is 5.92 Å². The summed E-state index contributed by atoms with van der Waals surface area (Å²) in [6.07, 6.45) is 2.76. The average Bonchev–Trinajstić information content (AvgIpc) is 2.88. The fourth-order valence-corrected chi connectivity index (χ4v) is 2.42. The summed E-state index contributed by atoms with van der Waals surface area (Å²) in [6, 6.07) is 3.20. The molecule has 0 amide bonds. The van der Waals surface area contributed by atoms with Gasteiger partial charge >= 0.3 is 5.97 Å². The first kappa shape index (κ1) is 14.9. The molecule has 1 aliphatic heterocycles. The van der Waals surface area contributed by atoms with Crippen LogP contribution in [0.4, 0.5) is 5.88 Å². The molecule has 20 heavy (non-hydrogen) atoms. The van der Waals surface area contributed by atoms with E-state index in [-0.39, 0.29) is 5.97 Å². The predicted octanol–water partition coefficient (Wildman–Crippen LogP) is 1.95. The van der Waals surface area contributed by atoms with Gasteiger partial charge in [-0.1, -0.05) is 6.92 Å². The van der Waals surface area contributed by atoms with Gasteiger partial charge in [0.2, 0.25) is 0 Å². The van der Waals surface area contributed by atoms with Crippen molar-refractivity contribution >= 4 is 11.9 Å². The van der Waals surface area contributed by atoms with Gasteiger partial charge in [0.15, 0.2) is 5.88 Å². The van der Waals surface area contributed by atoms with E-state index in [2.05, 4.69) is 11.8 Å². The number of hydrogen-bond donors (Lipinski definition) is 1. The first-order chi connectivity index (χ1) is 9.60. The van der Waals surface area contributed by atoms with Gasteiger partial charge in [-0.15, -0.1) is 0 Å². The quantitative estimate of drug-likeness (QED) is 0.835. The molecule has 1 saturated heterocycles.